The summed E-state index contributed by atoms with van der Waals surface area (Å²) >= 11 is 0. The lowest BCUT2D eigenvalue weighted by atomic mass is 10.6. The molecule has 0 aromatic carbocycles. The molecule has 0 aliphatic carbocycles. The standard InChI is InChI=1S/C4H8N2O/c1-4(2)6-3-7-5/h3H,1,5H2,2H3. The molecule has 3 nitrogen and oxygen atoms in total. The van der Waals surface area contributed by atoms with Crippen LogP contribution in [0.1, 0.15) is 6.92 Å². The zero-order valence-electron chi connectivity index (χ0n) is 4.22. The zero-order valence-corrected chi connectivity index (χ0v) is 4.22. The number of allylic oxidation sites excluding steroid dienone is 1. The van der Waals surface area contributed by atoms with E-state index in [2.05, 4.69) is 22.3 Å². The summed E-state index contributed by atoms with van der Waals surface area (Å²) in [5.74, 6) is 4.59. The molecule has 0 aliphatic heterocycles. The van der Waals surface area contributed by atoms with Crippen LogP contribution in [0.5, 0.6) is 0 Å². The fourth-order valence-corrected chi connectivity index (χ4v) is 0.120. The number of hydrogen-bond donors (Lipinski definition) is 1. The van der Waals surface area contributed by atoms with Crippen LogP contribution in [0.4, 0.5) is 0 Å². The molecule has 2 N–H and O–H groups in total. The van der Waals surface area contributed by atoms with Crippen LogP contribution in [0.3, 0.4) is 0 Å². The second-order valence-electron chi connectivity index (χ2n) is 1.11. The topological polar surface area (TPSA) is 47.6 Å². The van der Waals surface area contributed by atoms with Crippen LogP contribution in [-0.2, 0) is 4.84 Å². The van der Waals surface area contributed by atoms with E-state index in [0.717, 1.165) is 6.40 Å². The van der Waals surface area contributed by atoms with Crippen LogP contribution in [0.15, 0.2) is 17.3 Å². The first-order chi connectivity index (χ1) is 3.27. The van der Waals surface area contributed by atoms with Gasteiger partial charge in [0.2, 0.25) is 6.40 Å². The summed E-state index contributed by atoms with van der Waals surface area (Å²) in [5, 5.41) is 0. The summed E-state index contributed by atoms with van der Waals surface area (Å²) in [6.45, 7) is 5.20. The molecule has 0 amide bonds. The van der Waals surface area contributed by atoms with Gasteiger partial charge in [-0.1, -0.05) is 6.58 Å². The fourth-order valence-electron chi connectivity index (χ4n) is 0.120. The van der Waals surface area contributed by atoms with Crippen molar-refractivity contribution in [3.8, 4) is 0 Å². The highest BCUT2D eigenvalue weighted by molar-refractivity contribution is 5.47. The van der Waals surface area contributed by atoms with Crippen molar-refractivity contribution in [2.75, 3.05) is 0 Å². The quantitative estimate of drug-likeness (QED) is 0.311. The Bertz CT molecular complexity index is 87.7. The van der Waals surface area contributed by atoms with Crippen molar-refractivity contribution in [2.24, 2.45) is 10.9 Å². The van der Waals surface area contributed by atoms with E-state index in [1.54, 1.807) is 6.92 Å². The van der Waals surface area contributed by atoms with Crippen LogP contribution < -0.4 is 5.90 Å². The van der Waals surface area contributed by atoms with E-state index in [-0.39, 0.29) is 0 Å². The molecule has 0 rings (SSSR count). The van der Waals surface area contributed by atoms with Crippen molar-refractivity contribution < 1.29 is 4.84 Å². The third kappa shape index (κ3) is 5.17. The molecule has 0 aliphatic rings. The van der Waals surface area contributed by atoms with Gasteiger partial charge < -0.3 is 4.84 Å². The summed E-state index contributed by atoms with van der Waals surface area (Å²) in [5.41, 5.74) is 0.672. The minimum atomic E-state index is 0.672. The summed E-state index contributed by atoms with van der Waals surface area (Å²) in [6, 6.07) is 0. The average Bonchev–Trinajstić information content (AvgIpc) is 1.61. The van der Waals surface area contributed by atoms with E-state index >= 15 is 0 Å². The number of nitrogens with two attached hydrogens (primary N) is 1. The third-order valence-electron chi connectivity index (χ3n) is 0.334. The normalized spacial score (nSPS) is 9.43. The predicted molar refractivity (Wildman–Crippen MR) is 28.6 cm³/mol. The molecule has 0 aromatic rings. The van der Waals surface area contributed by atoms with Gasteiger partial charge in [0.05, 0.1) is 0 Å². The maximum absolute atomic E-state index is 4.59. The molecule has 0 radical (unpaired) electrons. The van der Waals surface area contributed by atoms with E-state index in [9.17, 15) is 0 Å². The molecule has 0 saturated carbocycles. The van der Waals surface area contributed by atoms with Crippen LogP contribution in [0.2, 0.25) is 0 Å². The van der Waals surface area contributed by atoms with Crippen LogP contribution in [0.25, 0.3) is 0 Å². The zero-order chi connectivity index (χ0) is 5.70. The largest absolute Gasteiger partial charge is 0.399 e. The maximum atomic E-state index is 4.59. The van der Waals surface area contributed by atoms with Gasteiger partial charge in [0.25, 0.3) is 0 Å². The van der Waals surface area contributed by atoms with E-state index < -0.39 is 0 Å². The van der Waals surface area contributed by atoms with Crippen LogP contribution >= 0.6 is 0 Å². The third-order valence-corrected chi connectivity index (χ3v) is 0.334. The summed E-state index contributed by atoms with van der Waals surface area (Å²) in [7, 11) is 0. The lowest BCUT2D eigenvalue weighted by Gasteiger charge is -1.82. The summed E-state index contributed by atoms with van der Waals surface area (Å²) in [4.78, 5) is 7.58. The molecule has 0 aromatic heterocycles. The minimum Gasteiger partial charge on any atom is -0.399 e. The molecular formula is C4H8N2O. The van der Waals surface area contributed by atoms with Gasteiger partial charge in [0.15, 0.2) is 0 Å². The Morgan fingerprint density at radius 2 is 2.57 bits per heavy atom. The van der Waals surface area contributed by atoms with E-state index in [1.807, 2.05) is 0 Å². The Morgan fingerprint density at radius 3 is 2.71 bits per heavy atom. The second kappa shape index (κ2) is 3.36. The van der Waals surface area contributed by atoms with Crippen molar-refractivity contribution in [1.82, 2.24) is 0 Å². The highest BCUT2D eigenvalue weighted by Crippen LogP contribution is 1.83. The summed E-state index contributed by atoms with van der Waals surface area (Å²) in [6.07, 6.45) is 1.13. The van der Waals surface area contributed by atoms with E-state index in [0.29, 0.717) is 5.70 Å². The Kier molecular flexibility index (Phi) is 2.96. The van der Waals surface area contributed by atoms with Gasteiger partial charge in [0, 0.05) is 5.70 Å². The summed E-state index contributed by atoms with van der Waals surface area (Å²) < 4.78 is 0. The van der Waals surface area contributed by atoms with Gasteiger partial charge in [-0.25, -0.2) is 4.99 Å². The lowest BCUT2D eigenvalue weighted by Crippen LogP contribution is -1.93. The first kappa shape index (κ1) is 6.17. The Morgan fingerprint density at radius 1 is 2.00 bits per heavy atom. The highest BCUT2D eigenvalue weighted by atomic mass is 16.6. The number of rotatable bonds is 2. The SMILES string of the molecule is C=C(C)N=CON. The van der Waals surface area contributed by atoms with Gasteiger partial charge in [-0.3, -0.25) is 0 Å². The number of hydrogen-bond acceptors (Lipinski definition) is 3. The van der Waals surface area contributed by atoms with Gasteiger partial charge in [-0.05, 0) is 6.92 Å². The fraction of sp³-hybridized carbons (Fsp3) is 0.250. The second-order valence-corrected chi connectivity index (χ2v) is 1.11. The molecule has 0 unspecified atom stereocenters. The number of aliphatic imine (C=N–C) groups is 1. The van der Waals surface area contributed by atoms with Crippen molar-refractivity contribution in [2.45, 2.75) is 6.92 Å². The Hall–Kier alpha value is -0.830. The van der Waals surface area contributed by atoms with Gasteiger partial charge in [0.1, 0.15) is 0 Å². The van der Waals surface area contributed by atoms with Crippen LogP contribution in [0, 0.1) is 0 Å². The van der Waals surface area contributed by atoms with Crippen molar-refractivity contribution in [3.05, 3.63) is 12.3 Å². The first-order valence-corrected chi connectivity index (χ1v) is 1.81. The van der Waals surface area contributed by atoms with Gasteiger partial charge in [-0.15, -0.1) is 0 Å². The molecule has 0 bridgehead atoms. The smallest absolute Gasteiger partial charge is 0.200 e. The molecule has 0 spiro atoms. The molecule has 0 fully saturated rings. The van der Waals surface area contributed by atoms with Crippen molar-refractivity contribution in [3.63, 3.8) is 0 Å². The Balaban J connectivity index is 3.26. The molecule has 0 saturated heterocycles. The number of nitrogens with zero attached hydrogens (tertiary/aromatic N) is 1. The first-order valence-electron chi connectivity index (χ1n) is 1.81. The highest BCUT2D eigenvalue weighted by Gasteiger charge is 1.68. The van der Waals surface area contributed by atoms with Crippen molar-refractivity contribution in [1.29, 1.82) is 0 Å². The molecule has 0 atom stereocenters. The molecule has 40 valence electrons. The maximum Gasteiger partial charge on any atom is 0.200 e. The van der Waals surface area contributed by atoms with Crippen molar-refractivity contribution >= 4 is 6.40 Å². The van der Waals surface area contributed by atoms with E-state index in [4.69, 9.17) is 0 Å². The molecule has 0 heterocycles. The van der Waals surface area contributed by atoms with Crippen LogP contribution in [-0.4, -0.2) is 6.40 Å². The van der Waals surface area contributed by atoms with E-state index in [1.165, 1.54) is 0 Å². The predicted octanol–water partition coefficient (Wildman–Crippen LogP) is 0.439. The minimum absolute atomic E-state index is 0.672. The molecular weight excluding hydrogens is 92.1 g/mol. The van der Waals surface area contributed by atoms with Gasteiger partial charge in [-0.2, -0.15) is 5.90 Å². The monoisotopic (exact) mass is 100 g/mol. The van der Waals surface area contributed by atoms with Gasteiger partial charge >= 0.3 is 0 Å². The molecule has 3 heteroatoms. The lowest BCUT2D eigenvalue weighted by molar-refractivity contribution is 0.337. The average molecular weight is 100 g/mol. The molecule has 7 heavy (non-hydrogen) atoms. The Labute approximate surface area is 42.4 Å².